The number of aliphatic hydroxyl groups excluding tert-OH is 1. The number of aromatic amines is 1. The molecule has 0 aromatic carbocycles. The van der Waals surface area contributed by atoms with Crippen molar-refractivity contribution in [3.8, 4) is 0 Å². The number of hydrogen-bond acceptors (Lipinski definition) is 3. The molecule has 1 aliphatic heterocycles. The van der Waals surface area contributed by atoms with E-state index in [0.29, 0.717) is 0 Å². The average Bonchev–Trinajstić information content (AvgIpc) is 2.74. The number of aromatic nitrogens is 1. The van der Waals surface area contributed by atoms with Gasteiger partial charge in [0.2, 0.25) is 0 Å². The minimum Gasteiger partial charge on any atom is -0.394 e. The van der Waals surface area contributed by atoms with E-state index in [0.717, 1.165) is 31.9 Å². The first-order chi connectivity index (χ1) is 6.92. The molecule has 0 aliphatic carbocycles. The Labute approximate surface area is 83.5 Å². The number of aliphatic hydroxyl groups is 1. The Morgan fingerprint density at radius 3 is 2.86 bits per heavy atom. The lowest BCUT2D eigenvalue weighted by molar-refractivity contribution is 0.00263. The molecule has 2 heterocycles. The quantitative estimate of drug-likeness (QED) is 0.734. The molecule has 4 nitrogen and oxygen atoms in total. The van der Waals surface area contributed by atoms with Gasteiger partial charge in [-0.1, -0.05) is 0 Å². The highest BCUT2D eigenvalue weighted by Crippen LogP contribution is 2.20. The van der Waals surface area contributed by atoms with Crippen molar-refractivity contribution in [2.75, 3.05) is 32.9 Å². The van der Waals surface area contributed by atoms with Crippen LogP contribution in [0, 0.1) is 0 Å². The summed E-state index contributed by atoms with van der Waals surface area (Å²) >= 11 is 0. The van der Waals surface area contributed by atoms with Crippen LogP contribution in [0.25, 0.3) is 0 Å². The molecule has 1 saturated heterocycles. The summed E-state index contributed by atoms with van der Waals surface area (Å²) in [5, 5.41) is 9.35. The molecular formula is C10H16N2O2. The molecule has 0 amide bonds. The van der Waals surface area contributed by atoms with E-state index in [-0.39, 0.29) is 12.6 Å². The fraction of sp³-hybridized carbons (Fsp3) is 0.600. The molecule has 2 rings (SSSR count). The summed E-state index contributed by atoms with van der Waals surface area (Å²) in [6.45, 7) is 3.49. The molecule has 0 radical (unpaired) electrons. The Kier molecular flexibility index (Phi) is 3.18. The Morgan fingerprint density at radius 1 is 1.50 bits per heavy atom. The maximum absolute atomic E-state index is 9.35. The van der Waals surface area contributed by atoms with E-state index in [4.69, 9.17) is 4.74 Å². The second-order valence-electron chi connectivity index (χ2n) is 3.49. The molecule has 1 aromatic heterocycles. The largest absolute Gasteiger partial charge is 0.394 e. The van der Waals surface area contributed by atoms with Gasteiger partial charge in [0.1, 0.15) is 0 Å². The molecule has 1 aromatic rings. The van der Waals surface area contributed by atoms with Gasteiger partial charge in [0, 0.05) is 25.5 Å². The predicted octanol–water partition coefficient (Wildman–Crippen LogP) is 0.380. The number of morpholine rings is 1. The van der Waals surface area contributed by atoms with Crippen LogP contribution in [0.5, 0.6) is 0 Å². The van der Waals surface area contributed by atoms with E-state index in [9.17, 15) is 5.11 Å². The number of rotatable bonds is 3. The van der Waals surface area contributed by atoms with E-state index < -0.39 is 0 Å². The first kappa shape index (κ1) is 9.71. The van der Waals surface area contributed by atoms with Gasteiger partial charge in [-0.25, -0.2) is 0 Å². The molecule has 1 aliphatic rings. The van der Waals surface area contributed by atoms with Gasteiger partial charge in [0.05, 0.1) is 25.9 Å². The number of H-pyrrole nitrogens is 1. The SMILES string of the molecule is OCC(c1cc[nH]c1)N1CCOCC1. The molecule has 14 heavy (non-hydrogen) atoms. The van der Waals surface area contributed by atoms with Crippen molar-refractivity contribution in [2.45, 2.75) is 6.04 Å². The minimum absolute atomic E-state index is 0.116. The summed E-state index contributed by atoms with van der Waals surface area (Å²) in [5.74, 6) is 0. The van der Waals surface area contributed by atoms with E-state index in [1.54, 1.807) is 0 Å². The molecule has 4 heteroatoms. The van der Waals surface area contributed by atoms with Crippen LogP contribution in [0.4, 0.5) is 0 Å². The highest BCUT2D eigenvalue weighted by Gasteiger charge is 2.21. The molecule has 1 atom stereocenters. The van der Waals surface area contributed by atoms with Gasteiger partial charge in [0.15, 0.2) is 0 Å². The van der Waals surface area contributed by atoms with Crippen LogP contribution in [0.2, 0.25) is 0 Å². The first-order valence-corrected chi connectivity index (χ1v) is 4.97. The van der Waals surface area contributed by atoms with E-state index in [2.05, 4.69) is 9.88 Å². The standard InChI is InChI=1S/C10H16N2O2/c13-8-10(9-1-2-11-7-9)12-3-5-14-6-4-12/h1-2,7,10-11,13H,3-6,8H2. The lowest BCUT2D eigenvalue weighted by Crippen LogP contribution is -2.40. The number of nitrogens with zero attached hydrogens (tertiary/aromatic N) is 1. The zero-order valence-electron chi connectivity index (χ0n) is 8.15. The average molecular weight is 196 g/mol. The fourth-order valence-corrected chi connectivity index (χ4v) is 1.86. The molecule has 1 fully saturated rings. The zero-order valence-corrected chi connectivity index (χ0v) is 8.15. The van der Waals surface area contributed by atoms with E-state index in [1.165, 1.54) is 0 Å². The summed E-state index contributed by atoms with van der Waals surface area (Å²) in [7, 11) is 0. The van der Waals surface area contributed by atoms with E-state index in [1.807, 2.05) is 18.5 Å². The van der Waals surface area contributed by atoms with Crippen molar-refractivity contribution in [1.82, 2.24) is 9.88 Å². The van der Waals surface area contributed by atoms with Gasteiger partial charge in [-0.2, -0.15) is 0 Å². The topological polar surface area (TPSA) is 48.5 Å². The third-order valence-corrected chi connectivity index (χ3v) is 2.67. The molecule has 0 spiro atoms. The van der Waals surface area contributed by atoms with Gasteiger partial charge in [-0.15, -0.1) is 0 Å². The molecule has 0 saturated carbocycles. The highest BCUT2D eigenvalue weighted by atomic mass is 16.5. The highest BCUT2D eigenvalue weighted by molar-refractivity contribution is 5.14. The van der Waals surface area contributed by atoms with Crippen molar-refractivity contribution < 1.29 is 9.84 Å². The van der Waals surface area contributed by atoms with Crippen LogP contribution in [-0.2, 0) is 4.74 Å². The molecule has 78 valence electrons. The fourth-order valence-electron chi connectivity index (χ4n) is 1.86. The first-order valence-electron chi connectivity index (χ1n) is 4.97. The van der Waals surface area contributed by atoms with Crippen molar-refractivity contribution in [3.05, 3.63) is 24.0 Å². The third kappa shape index (κ3) is 1.97. The molecule has 1 unspecified atom stereocenters. The Hall–Kier alpha value is -0.840. The van der Waals surface area contributed by atoms with Gasteiger partial charge in [-0.3, -0.25) is 4.90 Å². The van der Waals surface area contributed by atoms with Crippen LogP contribution in [0.1, 0.15) is 11.6 Å². The van der Waals surface area contributed by atoms with Crippen molar-refractivity contribution in [3.63, 3.8) is 0 Å². The van der Waals surface area contributed by atoms with Crippen LogP contribution in [0.3, 0.4) is 0 Å². The maximum Gasteiger partial charge on any atom is 0.0629 e. The van der Waals surface area contributed by atoms with Gasteiger partial charge in [-0.05, 0) is 11.6 Å². The Balaban J connectivity index is 2.04. The van der Waals surface area contributed by atoms with Crippen molar-refractivity contribution >= 4 is 0 Å². The second kappa shape index (κ2) is 4.59. The van der Waals surface area contributed by atoms with E-state index >= 15 is 0 Å². The minimum atomic E-state index is 0.116. The molecular weight excluding hydrogens is 180 g/mol. The van der Waals surface area contributed by atoms with Crippen LogP contribution < -0.4 is 0 Å². The maximum atomic E-state index is 9.35. The lowest BCUT2D eigenvalue weighted by atomic mass is 10.1. The molecule has 2 N–H and O–H groups in total. The monoisotopic (exact) mass is 196 g/mol. The summed E-state index contributed by atoms with van der Waals surface area (Å²) in [5.41, 5.74) is 1.15. The van der Waals surface area contributed by atoms with Crippen LogP contribution in [-0.4, -0.2) is 47.9 Å². The van der Waals surface area contributed by atoms with Gasteiger partial charge in [0.25, 0.3) is 0 Å². The smallest absolute Gasteiger partial charge is 0.0629 e. The summed E-state index contributed by atoms with van der Waals surface area (Å²) in [6, 6.07) is 2.13. The van der Waals surface area contributed by atoms with Crippen molar-refractivity contribution in [2.24, 2.45) is 0 Å². The summed E-state index contributed by atoms with van der Waals surface area (Å²) < 4.78 is 5.28. The zero-order chi connectivity index (χ0) is 9.80. The van der Waals surface area contributed by atoms with Crippen LogP contribution >= 0.6 is 0 Å². The van der Waals surface area contributed by atoms with Crippen LogP contribution in [0.15, 0.2) is 18.5 Å². The third-order valence-electron chi connectivity index (χ3n) is 2.67. The summed E-state index contributed by atoms with van der Waals surface area (Å²) in [4.78, 5) is 5.27. The summed E-state index contributed by atoms with van der Waals surface area (Å²) in [6.07, 6.45) is 3.83. The van der Waals surface area contributed by atoms with Gasteiger partial charge >= 0.3 is 0 Å². The Morgan fingerprint density at radius 2 is 2.29 bits per heavy atom. The lowest BCUT2D eigenvalue weighted by Gasteiger charge is -2.33. The normalized spacial score (nSPS) is 20.9. The van der Waals surface area contributed by atoms with Gasteiger partial charge < -0.3 is 14.8 Å². The number of hydrogen-bond donors (Lipinski definition) is 2. The Bertz CT molecular complexity index is 255. The molecule has 0 bridgehead atoms. The number of ether oxygens (including phenoxy) is 1. The van der Waals surface area contributed by atoms with Crippen molar-refractivity contribution in [1.29, 1.82) is 0 Å². The number of nitrogens with one attached hydrogen (secondary N) is 1. The predicted molar refractivity (Wildman–Crippen MR) is 53.0 cm³/mol. The second-order valence-corrected chi connectivity index (χ2v) is 3.49.